The van der Waals surface area contributed by atoms with E-state index in [4.69, 9.17) is 8.05 Å². The number of rotatable bonds is 1. The van der Waals surface area contributed by atoms with Gasteiger partial charge in [-0.3, -0.25) is 0 Å². The maximum atomic E-state index is 4.85. The fraction of sp³-hybridized carbons (Fsp3) is 0. The van der Waals surface area contributed by atoms with Crippen LogP contribution in [0.2, 0.25) is 0 Å². The van der Waals surface area contributed by atoms with E-state index < -0.39 is 0 Å². The van der Waals surface area contributed by atoms with Gasteiger partial charge in [-0.05, 0) is 0 Å². The number of hydrogen-bond donors (Lipinski definition) is 0. The van der Waals surface area contributed by atoms with E-state index in [-0.39, 0.29) is 24.8 Å². The first kappa shape index (κ1) is 12.4. The van der Waals surface area contributed by atoms with Crippen molar-refractivity contribution in [1.82, 2.24) is 0 Å². The third-order valence-electron chi connectivity index (χ3n) is 0.879. The van der Waals surface area contributed by atoms with Crippen molar-refractivity contribution in [2.24, 2.45) is 0 Å². The van der Waals surface area contributed by atoms with E-state index >= 15 is 0 Å². The molecule has 0 bridgehead atoms. The first-order chi connectivity index (χ1) is 3.93. The standard InChI is InChI=1S/C6H5BO.2ClH/c7-8-6-4-2-1-3-5-6;;/h1-5H;2*1H/q+2;;/p-2. The molecule has 52 valence electrons. The molecular formula is C6H5BCl2O. The summed E-state index contributed by atoms with van der Waals surface area (Å²) in [7, 11) is 4.85. The molecule has 0 aromatic heterocycles. The molecular weight excluding hydrogens is 170 g/mol. The molecule has 0 amide bonds. The predicted molar refractivity (Wildman–Crippen MR) is 32.8 cm³/mol. The summed E-state index contributed by atoms with van der Waals surface area (Å²) in [5.74, 6) is 0.688. The summed E-state index contributed by atoms with van der Waals surface area (Å²) in [4.78, 5) is 0. The number of halogens is 2. The second-order valence-electron chi connectivity index (χ2n) is 1.43. The predicted octanol–water partition coefficient (Wildman–Crippen LogP) is -4.84. The number of benzene rings is 1. The summed E-state index contributed by atoms with van der Waals surface area (Å²) < 4.78 is 4.41. The van der Waals surface area contributed by atoms with Gasteiger partial charge in [0.2, 0.25) is 0 Å². The van der Waals surface area contributed by atoms with Gasteiger partial charge in [-0.2, -0.15) is 0 Å². The van der Waals surface area contributed by atoms with Crippen LogP contribution in [0.15, 0.2) is 30.3 Å². The fourth-order valence-corrected chi connectivity index (χ4v) is 0.499. The van der Waals surface area contributed by atoms with Crippen molar-refractivity contribution in [2.75, 3.05) is 0 Å². The minimum atomic E-state index is 0. The molecule has 1 aromatic carbocycles. The van der Waals surface area contributed by atoms with E-state index in [2.05, 4.69) is 4.65 Å². The maximum Gasteiger partial charge on any atom is -1.00 e. The number of hydrogen-bond acceptors (Lipinski definition) is 1. The van der Waals surface area contributed by atoms with Gasteiger partial charge >= 0.3 is 48.8 Å². The van der Waals surface area contributed by atoms with E-state index in [0.717, 1.165) is 0 Å². The Bertz CT molecular complexity index is 157. The molecule has 0 aliphatic heterocycles. The van der Waals surface area contributed by atoms with Gasteiger partial charge < -0.3 is 24.8 Å². The Labute approximate surface area is 74.0 Å². The van der Waals surface area contributed by atoms with E-state index in [9.17, 15) is 0 Å². The van der Waals surface area contributed by atoms with Gasteiger partial charge in [0.1, 0.15) is 0 Å². The van der Waals surface area contributed by atoms with Crippen molar-refractivity contribution in [3.05, 3.63) is 30.3 Å². The minimum Gasteiger partial charge on any atom is -1.00 e. The zero-order valence-electron chi connectivity index (χ0n) is 5.13. The van der Waals surface area contributed by atoms with Crippen LogP contribution in [0, 0.1) is 0 Å². The van der Waals surface area contributed by atoms with Crippen LogP contribution in [0.25, 0.3) is 0 Å². The summed E-state index contributed by atoms with van der Waals surface area (Å²) in [5, 5.41) is 0. The van der Waals surface area contributed by atoms with Gasteiger partial charge in [0.15, 0.2) is 0 Å². The van der Waals surface area contributed by atoms with Crippen molar-refractivity contribution < 1.29 is 29.5 Å². The van der Waals surface area contributed by atoms with Gasteiger partial charge in [-0.1, -0.05) is 0 Å². The average molecular weight is 175 g/mol. The molecule has 0 saturated heterocycles. The van der Waals surface area contributed by atoms with Gasteiger partial charge in [-0.15, -0.1) is 0 Å². The molecule has 1 nitrogen and oxygen atoms in total. The Morgan fingerprint density at radius 3 is 1.80 bits per heavy atom. The molecule has 10 heavy (non-hydrogen) atoms. The Balaban J connectivity index is 0. The molecule has 0 radical (unpaired) electrons. The van der Waals surface area contributed by atoms with Crippen LogP contribution < -0.4 is 29.5 Å². The molecule has 0 heterocycles. The molecule has 4 heteroatoms. The van der Waals surface area contributed by atoms with Crippen molar-refractivity contribution in [2.45, 2.75) is 0 Å². The van der Waals surface area contributed by atoms with Crippen LogP contribution in [-0.2, 0) is 0 Å². The van der Waals surface area contributed by atoms with Gasteiger partial charge in [0.25, 0.3) is 0 Å². The van der Waals surface area contributed by atoms with Crippen molar-refractivity contribution in [1.29, 1.82) is 0 Å². The largest absolute Gasteiger partial charge is 1.00 e. The summed E-state index contributed by atoms with van der Waals surface area (Å²) >= 11 is 0. The van der Waals surface area contributed by atoms with Gasteiger partial charge in [-0.25, -0.2) is 0 Å². The molecule has 0 saturated carbocycles. The quantitative estimate of drug-likeness (QED) is 0.389. The zero-order valence-corrected chi connectivity index (χ0v) is 6.64. The molecule has 0 fully saturated rings. The first-order valence-corrected chi connectivity index (χ1v) is 2.35. The SMILES string of the molecule is [B+2]Oc1ccccc1.[Cl-].[Cl-]. The molecule has 0 aliphatic carbocycles. The Morgan fingerprint density at radius 2 is 1.50 bits per heavy atom. The van der Waals surface area contributed by atoms with Gasteiger partial charge in [0, 0.05) is 0 Å². The molecule has 1 aromatic rings. The van der Waals surface area contributed by atoms with Crippen LogP contribution in [0.5, 0.6) is 5.75 Å². The molecule has 0 unspecified atom stereocenters. The Kier molecular flexibility index (Phi) is 8.37. The Morgan fingerprint density at radius 1 is 1.00 bits per heavy atom. The zero-order chi connectivity index (χ0) is 5.82. The van der Waals surface area contributed by atoms with E-state index in [1.165, 1.54) is 0 Å². The maximum absolute atomic E-state index is 4.85. The van der Waals surface area contributed by atoms with Crippen LogP contribution in [0.4, 0.5) is 0 Å². The van der Waals surface area contributed by atoms with Crippen LogP contribution in [0.3, 0.4) is 0 Å². The molecule has 0 spiro atoms. The molecule has 0 N–H and O–H groups in total. The van der Waals surface area contributed by atoms with Gasteiger partial charge in [0.05, 0.1) is 0 Å². The Hall–Kier alpha value is -0.335. The summed E-state index contributed by atoms with van der Waals surface area (Å²) in [6.45, 7) is 0. The third kappa shape index (κ3) is 3.65. The topological polar surface area (TPSA) is 9.23 Å². The van der Waals surface area contributed by atoms with Crippen molar-refractivity contribution in [3.8, 4) is 5.75 Å². The first-order valence-electron chi connectivity index (χ1n) is 2.35. The van der Waals surface area contributed by atoms with Crippen LogP contribution >= 0.6 is 0 Å². The number of para-hydroxylation sites is 1. The van der Waals surface area contributed by atoms with Crippen LogP contribution in [-0.4, -0.2) is 8.05 Å². The molecule has 0 aliphatic rings. The normalized spacial score (nSPS) is 7.00. The monoisotopic (exact) mass is 174 g/mol. The fourth-order valence-electron chi connectivity index (χ4n) is 0.499. The minimum absolute atomic E-state index is 0. The van der Waals surface area contributed by atoms with Crippen LogP contribution in [0.1, 0.15) is 0 Å². The van der Waals surface area contributed by atoms with E-state index in [1.807, 2.05) is 18.2 Å². The van der Waals surface area contributed by atoms with Crippen molar-refractivity contribution >= 4 is 8.05 Å². The summed E-state index contributed by atoms with van der Waals surface area (Å²) in [5.41, 5.74) is 0. The summed E-state index contributed by atoms with van der Waals surface area (Å²) in [6, 6.07) is 9.22. The van der Waals surface area contributed by atoms with E-state index in [0.29, 0.717) is 5.75 Å². The smallest absolute Gasteiger partial charge is 1.00 e. The van der Waals surface area contributed by atoms with E-state index in [1.54, 1.807) is 12.1 Å². The molecule has 1 rings (SSSR count). The van der Waals surface area contributed by atoms with Crippen molar-refractivity contribution in [3.63, 3.8) is 0 Å². The summed E-state index contributed by atoms with van der Waals surface area (Å²) in [6.07, 6.45) is 0. The molecule has 0 atom stereocenters. The average Bonchev–Trinajstić information content (AvgIpc) is 1.90. The second-order valence-corrected chi connectivity index (χ2v) is 1.43. The second kappa shape index (κ2) is 6.78. The third-order valence-corrected chi connectivity index (χ3v) is 0.879.